The van der Waals surface area contributed by atoms with Crippen LogP contribution in [0.15, 0.2) is 38.5 Å². The van der Waals surface area contributed by atoms with Crippen molar-refractivity contribution in [2.45, 2.75) is 83.7 Å². The second-order valence-corrected chi connectivity index (χ2v) is 14.6. The quantitative estimate of drug-likeness (QED) is 0.210. The molecule has 6 rings (SSSR count). The molecule has 4 heterocycles. The summed E-state index contributed by atoms with van der Waals surface area (Å²) >= 11 is 7.55. The van der Waals surface area contributed by atoms with Gasteiger partial charge in [-0.15, -0.1) is 11.8 Å². The highest BCUT2D eigenvalue weighted by atomic mass is 35.5. The van der Waals surface area contributed by atoms with Gasteiger partial charge in [-0.25, -0.2) is 18.4 Å². The van der Waals surface area contributed by atoms with E-state index in [1.54, 1.807) is 22.5 Å². The number of aryl methyl sites for hydroxylation is 2. The molecule has 1 saturated heterocycles. The van der Waals surface area contributed by atoms with E-state index in [1.807, 2.05) is 52.5 Å². The molecule has 0 aliphatic carbocycles. The number of carbonyl (C=O) groups excluding carboxylic acids is 1. The molecule has 3 atom stereocenters. The van der Waals surface area contributed by atoms with E-state index in [1.165, 1.54) is 17.8 Å². The summed E-state index contributed by atoms with van der Waals surface area (Å²) in [4.78, 5) is 36.0. The maximum absolute atomic E-state index is 15.5. The van der Waals surface area contributed by atoms with Crippen LogP contribution in [0, 0.1) is 25.5 Å². The van der Waals surface area contributed by atoms with Crippen molar-refractivity contribution in [3.05, 3.63) is 62.7 Å². The number of nitrogens with zero attached hydrogens (tertiary/aromatic N) is 5. The number of rotatable bonds is 4. The third-order valence-electron chi connectivity index (χ3n) is 8.19. The standard InChI is InChI=1S/C33H36ClF2N5O5S/c1-16-8-22-28-29(27(16)21-10-23(34)25(36)11-24(21)35)47-15-20(44-26-9-19(4)46-38-26)14-40(28)31(42)37-30(22)39-12-17(2)41(18(3)13-39)32(43)45-33(5,6)7/h8-11,17-18,20H,12-15H2,1-7H3/t17-,18+,20-/m0/s1. The first kappa shape index (κ1) is 33.1. The third-order valence-corrected chi connectivity index (χ3v) is 9.71. The Bertz CT molecular complexity index is 1930. The normalized spacial score (nSPS) is 20.0. The van der Waals surface area contributed by atoms with E-state index in [4.69, 9.17) is 25.6 Å². The van der Waals surface area contributed by atoms with Gasteiger partial charge < -0.3 is 18.9 Å². The molecule has 2 aromatic carbocycles. The van der Waals surface area contributed by atoms with Crippen molar-refractivity contribution in [2.75, 3.05) is 23.7 Å². The van der Waals surface area contributed by atoms with Crippen LogP contribution in [0.25, 0.3) is 22.0 Å². The molecule has 0 radical (unpaired) electrons. The van der Waals surface area contributed by atoms with Crippen LogP contribution >= 0.6 is 23.4 Å². The zero-order valence-corrected chi connectivity index (χ0v) is 28.8. The first-order valence-electron chi connectivity index (χ1n) is 15.3. The molecule has 0 N–H and O–H groups in total. The Morgan fingerprint density at radius 2 is 1.77 bits per heavy atom. The lowest BCUT2D eigenvalue weighted by Crippen LogP contribution is -2.59. The summed E-state index contributed by atoms with van der Waals surface area (Å²) in [6, 6.07) is 5.08. The van der Waals surface area contributed by atoms with Crippen molar-refractivity contribution in [1.82, 2.24) is 19.6 Å². The van der Waals surface area contributed by atoms with E-state index < -0.39 is 35.1 Å². The summed E-state index contributed by atoms with van der Waals surface area (Å²) in [7, 11) is 0. The molecule has 0 unspecified atom stereocenters. The molecule has 0 bridgehead atoms. The van der Waals surface area contributed by atoms with Gasteiger partial charge in [0.2, 0.25) is 0 Å². The Balaban J connectivity index is 1.49. The molecule has 4 aromatic rings. The molecule has 47 heavy (non-hydrogen) atoms. The van der Waals surface area contributed by atoms with E-state index in [0.29, 0.717) is 57.3 Å². The first-order valence-corrected chi connectivity index (χ1v) is 16.7. The molecule has 250 valence electrons. The number of thioether (sulfide) groups is 1. The molecule has 2 aromatic heterocycles. The number of aromatic nitrogens is 3. The van der Waals surface area contributed by atoms with Gasteiger partial charge in [-0.1, -0.05) is 11.6 Å². The van der Waals surface area contributed by atoms with Gasteiger partial charge in [-0.3, -0.25) is 9.47 Å². The second kappa shape index (κ2) is 12.3. The fourth-order valence-corrected chi connectivity index (χ4v) is 7.83. The summed E-state index contributed by atoms with van der Waals surface area (Å²) in [5.74, 6) is 0.0688. The van der Waals surface area contributed by atoms with Crippen LogP contribution in [0.4, 0.5) is 19.4 Å². The lowest BCUT2D eigenvalue weighted by Gasteiger charge is -2.45. The second-order valence-electron chi connectivity index (χ2n) is 13.2. The van der Waals surface area contributed by atoms with Gasteiger partial charge in [0.15, 0.2) is 0 Å². The summed E-state index contributed by atoms with van der Waals surface area (Å²) in [6.45, 7) is 13.9. The Hall–Kier alpha value is -3.84. The van der Waals surface area contributed by atoms with Gasteiger partial charge in [0.25, 0.3) is 5.88 Å². The number of hydrogen-bond acceptors (Lipinski definition) is 9. The summed E-state index contributed by atoms with van der Waals surface area (Å²) < 4.78 is 48.2. The maximum Gasteiger partial charge on any atom is 0.410 e. The fraction of sp³-hybridized carbons (Fsp3) is 0.455. The first-order chi connectivity index (χ1) is 22.1. The highest BCUT2D eigenvalue weighted by Gasteiger charge is 2.38. The molecule has 0 spiro atoms. The average Bonchev–Trinajstić information content (AvgIpc) is 3.27. The van der Waals surface area contributed by atoms with E-state index in [9.17, 15) is 14.0 Å². The van der Waals surface area contributed by atoms with Crippen LogP contribution in [0.5, 0.6) is 5.88 Å². The van der Waals surface area contributed by atoms with Gasteiger partial charge in [-0.05, 0) is 71.3 Å². The van der Waals surface area contributed by atoms with E-state index >= 15 is 4.39 Å². The molecule has 1 fully saturated rings. The minimum absolute atomic E-state index is 0.121. The lowest BCUT2D eigenvalue weighted by molar-refractivity contribution is 0.00561. The van der Waals surface area contributed by atoms with Crippen LogP contribution < -0.4 is 15.3 Å². The maximum atomic E-state index is 15.5. The number of amides is 1. The topological polar surface area (TPSA) is 103 Å². The predicted molar refractivity (Wildman–Crippen MR) is 177 cm³/mol. The Labute approximate surface area is 279 Å². The monoisotopic (exact) mass is 687 g/mol. The van der Waals surface area contributed by atoms with Crippen LogP contribution in [0.2, 0.25) is 5.02 Å². The number of piperazine rings is 1. The fourth-order valence-electron chi connectivity index (χ4n) is 6.37. The van der Waals surface area contributed by atoms with Gasteiger partial charge in [0.05, 0.1) is 29.2 Å². The van der Waals surface area contributed by atoms with E-state index in [0.717, 1.165) is 6.07 Å². The number of anilines is 1. The van der Waals surface area contributed by atoms with Crippen molar-refractivity contribution < 1.29 is 27.6 Å². The van der Waals surface area contributed by atoms with Gasteiger partial charge in [-0.2, -0.15) is 4.98 Å². The van der Waals surface area contributed by atoms with Crippen molar-refractivity contribution in [3.8, 4) is 17.0 Å². The Morgan fingerprint density at radius 3 is 2.40 bits per heavy atom. The number of benzene rings is 2. The smallest absolute Gasteiger partial charge is 0.410 e. The highest BCUT2D eigenvalue weighted by molar-refractivity contribution is 7.99. The van der Waals surface area contributed by atoms with Crippen LogP contribution in [0.3, 0.4) is 0 Å². The minimum Gasteiger partial charge on any atom is -0.469 e. The predicted octanol–water partition coefficient (Wildman–Crippen LogP) is 6.99. The highest BCUT2D eigenvalue weighted by Crippen LogP contribution is 2.45. The number of hydrogen-bond donors (Lipinski definition) is 0. The van der Waals surface area contributed by atoms with Gasteiger partial charge in [0, 0.05) is 52.4 Å². The molecular formula is C33H36ClF2N5O5S. The summed E-state index contributed by atoms with van der Waals surface area (Å²) in [5, 5.41) is 4.41. The molecule has 14 heteroatoms. The number of carbonyl (C=O) groups is 1. The van der Waals surface area contributed by atoms with Crippen LogP contribution in [-0.4, -0.2) is 68.3 Å². The zero-order chi connectivity index (χ0) is 33.9. The molecule has 0 saturated carbocycles. The molecule has 10 nitrogen and oxygen atoms in total. The molecule has 2 aliphatic heterocycles. The molecule has 2 aliphatic rings. The minimum atomic E-state index is -0.863. The average molecular weight is 688 g/mol. The number of halogens is 3. The number of ether oxygens (including phenoxy) is 2. The van der Waals surface area contributed by atoms with Crippen molar-refractivity contribution in [1.29, 1.82) is 0 Å². The van der Waals surface area contributed by atoms with Crippen molar-refractivity contribution >= 4 is 46.2 Å². The zero-order valence-electron chi connectivity index (χ0n) is 27.2. The molecular weight excluding hydrogens is 652 g/mol. The van der Waals surface area contributed by atoms with E-state index in [-0.39, 0.29) is 35.1 Å². The van der Waals surface area contributed by atoms with Gasteiger partial charge in [0.1, 0.15) is 34.9 Å². The van der Waals surface area contributed by atoms with E-state index in [2.05, 4.69) is 10.1 Å². The van der Waals surface area contributed by atoms with Crippen LogP contribution in [-0.2, 0) is 11.3 Å². The Morgan fingerprint density at radius 1 is 1.06 bits per heavy atom. The van der Waals surface area contributed by atoms with Crippen molar-refractivity contribution in [2.24, 2.45) is 0 Å². The van der Waals surface area contributed by atoms with Gasteiger partial charge >= 0.3 is 11.8 Å². The summed E-state index contributed by atoms with van der Waals surface area (Å²) in [6.07, 6.45) is -0.915. The third kappa shape index (κ3) is 6.39. The lowest BCUT2D eigenvalue weighted by atomic mass is 9.97. The SMILES string of the molecule is Cc1cc(O[C@@H]2CSc3c(-c4cc(Cl)c(F)cc4F)c(C)cc4c(N5C[C@@H](C)N(C(=O)OC(C)(C)C)[C@@H](C)C5)nc(=O)n(c34)C2)no1. The van der Waals surface area contributed by atoms with Crippen molar-refractivity contribution in [3.63, 3.8) is 0 Å². The van der Waals surface area contributed by atoms with Crippen LogP contribution in [0.1, 0.15) is 45.9 Å². The summed E-state index contributed by atoms with van der Waals surface area (Å²) in [5.41, 5.74) is 0.714. The Kier molecular flexibility index (Phi) is 8.67. The largest absolute Gasteiger partial charge is 0.469 e. The molecule has 1 amide bonds.